The maximum absolute atomic E-state index is 13.1. The van der Waals surface area contributed by atoms with E-state index in [2.05, 4.69) is 0 Å². The number of carbonyl (C=O) groups excluding carboxylic acids is 1. The SMILES string of the molecule is COc1ccc(CC(=O)Oc2ccc(Cl)c3ccccc23)cc1S(=O)(=O)N1CCOCC1. The van der Waals surface area contributed by atoms with Crippen LogP contribution in [0.25, 0.3) is 10.8 Å². The first-order chi connectivity index (χ1) is 15.4. The van der Waals surface area contributed by atoms with Gasteiger partial charge in [-0.2, -0.15) is 4.31 Å². The van der Waals surface area contributed by atoms with E-state index in [1.165, 1.54) is 17.5 Å². The van der Waals surface area contributed by atoms with Crippen molar-refractivity contribution in [3.05, 3.63) is 65.2 Å². The van der Waals surface area contributed by atoms with Crippen LogP contribution in [0.2, 0.25) is 5.02 Å². The first kappa shape index (κ1) is 22.5. The highest BCUT2D eigenvalue weighted by Crippen LogP contribution is 2.32. The molecule has 3 aromatic carbocycles. The molecule has 9 heteroatoms. The van der Waals surface area contributed by atoms with Crippen LogP contribution in [0.4, 0.5) is 0 Å². The van der Waals surface area contributed by atoms with Gasteiger partial charge in [0.25, 0.3) is 0 Å². The molecule has 1 aliphatic heterocycles. The third-order valence-electron chi connectivity index (χ3n) is 5.22. The highest BCUT2D eigenvalue weighted by molar-refractivity contribution is 7.89. The minimum Gasteiger partial charge on any atom is -0.495 e. The quantitative estimate of drug-likeness (QED) is 0.399. The Kier molecular flexibility index (Phi) is 6.66. The smallest absolute Gasteiger partial charge is 0.315 e. The number of fused-ring (bicyclic) bond motifs is 1. The summed E-state index contributed by atoms with van der Waals surface area (Å²) in [5.41, 5.74) is 0.501. The summed E-state index contributed by atoms with van der Waals surface area (Å²) in [5.74, 6) is 0.0966. The Hall–Kier alpha value is -2.65. The predicted molar refractivity (Wildman–Crippen MR) is 121 cm³/mol. The number of nitrogens with zero attached hydrogens (tertiary/aromatic N) is 1. The van der Waals surface area contributed by atoms with Gasteiger partial charge in [0.05, 0.1) is 26.7 Å². The zero-order valence-corrected chi connectivity index (χ0v) is 19.0. The van der Waals surface area contributed by atoms with Crippen LogP contribution in [-0.4, -0.2) is 52.1 Å². The lowest BCUT2D eigenvalue weighted by Gasteiger charge is -2.26. The molecule has 7 nitrogen and oxygen atoms in total. The van der Waals surface area contributed by atoms with Crippen LogP contribution in [0.5, 0.6) is 11.5 Å². The number of methoxy groups -OCH3 is 1. The van der Waals surface area contributed by atoms with Gasteiger partial charge in [0.15, 0.2) is 0 Å². The zero-order valence-electron chi connectivity index (χ0n) is 17.4. The summed E-state index contributed by atoms with van der Waals surface area (Å²) >= 11 is 6.23. The molecule has 0 N–H and O–H groups in total. The van der Waals surface area contributed by atoms with E-state index in [9.17, 15) is 13.2 Å². The average molecular weight is 476 g/mol. The number of esters is 1. The predicted octanol–water partition coefficient (Wildman–Crippen LogP) is 3.67. The lowest BCUT2D eigenvalue weighted by atomic mass is 10.1. The summed E-state index contributed by atoms with van der Waals surface area (Å²) in [6.07, 6.45) is -0.105. The zero-order chi connectivity index (χ0) is 22.7. The molecule has 1 aliphatic rings. The second-order valence-electron chi connectivity index (χ2n) is 7.24. The second-order valence-corrected chi connectivity index (χ2v) is 9.56. The third-order valence-corrected chi connectivity index (χ3v) is 7.47. The molecule has 0 amide bonds. The Bertz CT molecular complexity index is 1250. The van der Waals surface area contributed by atoms with Crippen molar-refractivity contribution < 1.29 is 27.4 Å². The number of benzene rings is 3. The van der Waals surface area contributed by atoms with Crippen molar-refractivity contribution in [1.29, 1.82) is 0 Å². The number of hydrogen-bond acceptors (Lipinski definition) is 6. The van der Waals surface area contributed by atoms with Crippen LogP contribution in [0.3, 0.4) is 0 Å². The van der Waals surface area contributed by atoms with Crippen LogP contribution < -0.4 is 9.47 Å². The fourth-order valence-electron chi connectivity index (χ4n) is 3.61. The van der Waals surface area contributed by atoms with E-state index in [1.54, 1.807) is 24.3 Å². The molecule has 1 heterocycles. The third kappa shape index (κ3) is 4.59. The molecule has 0 unspecified atom stereocenters. The normalized spacial score (nSPS) is 14.9. The van der Waals surface area contributed by atoms with Crippen LogP contribution >= 0.6 is 11.6 Å². The van der Waals surface area contributed by atoms with Gasteiger partial charge in [-0.25, -0.2) is 8.42 Å². The van der Waals surface area contributed by atoms with Crippen molar-refractivity contribution in [2.75, 3.05) is 33.4 Å². The molecule has 1 fully saturated rings. The molecule has 0 atom stereocenters. The average Bonchev–Trinajstić information content (AvgIpc) is 2.81. The molecule has 0 spiro atoms. The highest BCUT2D eigenvalue weighted by atomic mass is 35.5. The first-order valence-electron chi connectivity index (χ1n) is 10.0. The van der Waals surface area contributed by atoms with Gasteiger partial charge in [-0.1, -0.05) is 41.9 Å². The number of hydrogen-bond donors (Lipinski definition) is 0. The molecule has 0 aliphatic carbocycles. The van der Waals surface area contributed by atoms with Crippen LogP contribution in [-0.2, 0) is 26.0 Å². The molecule has 3 aromatic rings. The topological polar surface area (TPSA) is 82.1 Å². The first-order valence-corrected chi connectivity index (χ1v) is 11.8. The molecule has 0 saturated carbocycles. The molecule has 1 saturated heterocycles. The maximum Gasteiger partial charge on any atom is 0.315 e. The summed E-state index contributed by atoms with van der Waals surface area (Å²) in [7, 11) is -2.38. The van der Waals surface area contributed by atoms with E-state index in [-0.39, 0.29) is 30.2 Å². The van der Waals surface area contributed by atoms with Crippen molar-refractivity contribution in [2.45, 2.75) is 11.3 Å². The van der Waals surface area contributed by atoms with Gasteiger partial charge >= 0.3 is 5.97 Å². The van der Waals surface area contributed by atoms with E-state index in [0.717, 1.165) is 10.8 Å². The van der Waals surface area contributed by atoms with E-state index in [1.807, 2.05) is 24.3 Å². The standard InChI is InChI=1S/C23H22ClNO6S/c1-29-21-8-6-16(14-22(21)32(27,28)25-10-12-30-13-11-25)15-23(26)31-20-9-7-19(24)17-4-2-3-5-18(17)20/h2-9,14H,10-13,15H2,1H3. The Balaban J connectivity index is 1.58. The van der Waals surface area contributed by atoms with Crippen LogP contribution in [0.15, 0.2) is 59.5 Å². The number of ether oxygens (including phenoxy) is 3. The minimum absolute atomic E-state index is 0.0177. The minimum atomic E-state index is -3.79. The largest absolute Gasteiger partial charge is 0.495 e. The number of morpholine rings is 1. The maximum atomic E-state index is 13.1. The number of carbonyl (C=O) groups is 1. The molecule has 4 rings (SSSR count). The van der Waals surface area contributed by atoms with E-state index >= 15 is 0 Å². The molecule has 0 aromatic heterocycles. The van der Waals surface area contributed by atoms with E-state index in [0.29, 0.717) is 29.5 Å². The monoisotopic (exact) mass is 475 g/mol. The van der Waals surface area contributed by atoms with Crippen LogP contribution in [0.1, 0.15) is 5.56 Å². The van der Waals surface area contributed by atoms with Gasteiger partial charge < -0.3 is 14.2 Å². The van der Waals surface area contributed by atoms with Crippen LogP contribution in [0, 0.1) is 0 Å². The number of rotatable bonds is 6. The molecule has 0 radical (unpaired) electrons. The van der Waals surface area contributed by atoms with Crippen molar-refractivity contribution >= 4 is 38.4 Å². The van der Waals surface area contributed by atoms with E-state index in [4.69, 9.17) is 25.8 Å². The fourth-order valence-corrected chi connectivity index (χ4v) is 5.45. The Morgan fingerprint density at radius 2 is 1.72 bits per heavy atom. The summed E-state index contributed by atoms with van der Waals surface area (Å²) in [6.45, 7) is 1.20. The summed E-state index contributed by atoms with van der Waals surface area (Å²) in [4.78, 5) is 12.7. The van der Waals surface area contributed by atoms with Gasteiger partial charge in [0, 0.05) is 28.9 Å². The van der Waals surface area contributed by atoms with Gasteiger partial charge in [-0.15, -0.1) is 0 Å². The Morgan fingerprint density at radius 1 is 1.03 bits per heavy atom. The lowest BCUT2D eigenvalue weighted by Crippen LogP contribution is -2.40. The van der Waals surface area contributed by atoms with Crippen molar-refractivity contribution in [1.82, 2.24) is 4.31 Å². The summed E-state index contributed by atoms with van der Waals surface area (Å²) < 4.78 is 43.7. The van der Waals surface area contributed by atoms with Crippen molar-refractivity contribution in [3.8, 4) is 11.5 Å². The molecular weight excluding hydrogens is 454 g/mol. The van der Waals surface area contributed by atoms with Gasteiger partial charge in [-0.3, -0.25) is 4.79 Å². The number of halogens is 1. The van der Waals surface area contributed by atoms with Crippen molar-refractivity contribution in [2.24, 2.45) is 0 Å². The Labute approximate surface area is 191 Å². The molecule has 32 heavy (non-hydrogen) atoms. The molecule has 0 bridgehead atoms. The van der Waals surface area contributed by atoms with Crippen molar-refractivity contribution in [3.63, 3.8) is 0 Å². The van der Waals surface area contributed by atoms with E-state index < -0.39 is 16.0 Å². The van der Waals surface area contributed by atoms with Gasteiger partial charge in [-0.05, 0) is 29.8 Å². The lowest BCUT2D eigenvalue weighted by molar-refractivity contribution is -0.133. The highest BCUT2D eigenvalue weighted by Gasteiger charge is 2.29. The summed E-state index contributed by atoms with van der Waals surface area (Å²) in [6, 6.07) is 15.3. The van der Waals surface area contributed by atoms with Gasteiger partial charge in [0.1, 0.15) is 16.4 Å². The fraction of sp³-hybridized carbons (Fsp3) is 0.261. The number of sulfonamides is 1. The van der Waals surface area contributed by atoms with Gasteiger partial charge in [0.2, 0.25) is 10.0 Å². The molecular formula is C23H22ClNO6S. The summed E-state index contributed by atoms with van der Waals surface area (Å²) in [5, 5.41) is 2.06. The molecule has 168 valence electrons. The Morgan fingerprint density at radius 3 is 2.44 bits per heavy atom. The second kappa shape index (κ2) is 9.46.